The molecule has 0 spiro atoms. The maximum absolute atomic E-state index is 11.1. The Bertz CT molecular complexity index is 622. The van der Waals surface area contributed by atoms with Crippen molar-refractivity contribution < 1.29 is 14.3 Å². The van der Waals surface area contributed by atoms with Crippen LogP contribution in [0, 0.1) is 6.92 Å². The molecule has 0 aliphatic rings. The van der Waals surface area contributed by atoms with Crippen LogP contribution < -0.4 is 5.32 Å². The molecule has 2 aromatic rings. The minimum Gasteiger partial charge on any atom is -0.478 e. The van der Waals surface area contributed by atoms with Gasteiger partial charge in [-0.05, 0) is 32.4 Å². The van der Waals surface area contributed by atoms with Crippen molar-refractivity contribution in [2.75, 3.05) is 5.32 Å². The van der Waals surface area contributed by atoms with Crippen molar-refractivity contribution in [1.82, 2.24) is 9.97 Å². The normalized spacial score (nSPS) is 12.2. The van der Waals surface area contributed by atoms with Gasteiger partial charge in [0.2, 0.25) is 5.89 Å². The number of aromatic carboxylic acids is 1. The summed E-state index contributed by atoms with van der Waals surface area (Å²) in [5.74, 6) is 0.813. The predicted octanol–water partition coefficient (Wildman–Crippen LogP) is 2.81. The molecule has 0 amide bonds. The largest absolute Gasteiger partial charge is 0.478 e. The highest BCUT2D eigenvalue weighted by Crippen LogP contribution is 2.19. The lowest BCUT2D eigenvalue weighted by molar-refractivity contribution is 0.0696. The van der Waals surface area contributed by atoms with Gasteiger partial charge in [-0.25, -0.2) is 14.8 Å². The number of hydrogen-bond donors (Lipinski definition) is 2. The highest BCUT2D eigenvalue weighted by Gasteiger charge is 2.14. The van der Waals surface area contributed by atoms with E-state index in [1.54, 1.807) is 12.3 Å². The van der Waals surface area contributed by atoms with Crippen LogP contribution in [0.15, 0.2) is 22.7 Å². The zero-order chi connectivity index (χ0) is 14.7. The topological polar surface area (TPSA) is 88.2 Å². The lowest BCUT2D eigenvalue weighted by atomic mass is 10.2. The summed E-state index contributed by atoms with van der Waals surface area (Å²) in [5, 5.41) is 12.2. The van der Waals surface area contributed by atoms with Gasteiger partial charge in [0.15, 0.2) is 0 Å². The van der Waals surface area contributed by atoms with Gasteiger partial charge in [0.05, 0.1) is 11.8 Å². The molecule has 106 valence electrons. The van der Waals surface area contributed by atoms with Gasteiger partial charge in [0.25, 0.3) is 0 Å². The Morgan fingerprint density at radius 2 is 2.25 bits per heavy atom. The quantitative estimate of drug-likeness (QED) is 0.872. The highest BCUT2D eigenvalue weighted by molar-refractivity contribution is 5.88. The second kappa shape index (κ2) is 5.73. The van der Waals surface area contributed by atoms with Crippen molar-refractivity contribution in [1.29, 1.82) is 0 Å². The number of aryl methyl sites for hydroxylation is 2. The van der Waals surface area contributed by atoms with Crippen molar-refractivity contribution in [2.24, 2.45) is 0 Å². The van der Waals surface area contributed by atoms with E-state index in [-0.39, 0.29) is 11.6 Å². The van der Waals surface area contributed by atoms with Crippen molar-refractivity contribution in [3.05, 3.63) is 41.2 Å². The van der Waals surface area contributed by atoms with Crippen LogP contribution in [0.3, 0.4) is 0 Å². The fourth-order valence-corrected chi connectivity index (χ4v) is 1.82. The molecule has 0 saturated heterocycles. The van der Waals surface area contributed by atoms with Crippen molar-refractivity contribution in [3.8, 4) is 0 Å². The van der Waals surface area contributed by atoms with E-state index < -0.39 is 5.97 Å². The molecule has 20 heavy (non-hydrogen) atoms. The average molecular weight is 275 g/mol. The van der Waals surface area contributed by atoms with E-state index in [9.17, 15) is 4.79 Å². The van der Waals surface area contributed by atoms with Gasteiger partial charge in [0, 0.05) is 5.69 Å². The second-order valence-corrected chi connectivity index (χ2v) is 4.57. The third-order valence-electron chi connectivity index (χ3n) is 2.86. The third kappa shape index (κ3) is 3.14. The number of carboxylic acid groups (broad SMARTS) is 1. The van der Waals surface area contributed by atoms with Crippen molar-refractivity contribution in [3.63, 3.8) is 0 Å². The Balaban J connectivity index is 2.24. The van der Waals surface area contributed by atoms with Crippen LogP contribution in [-0.4, -0.2) is 21.0 Å². The molecule has 0 aliphatic carbocycles. The fourth-order valence-electron chi connectivity index (χ4n) is 1.82. The molecule has 0 radical (unpaired) electrons. The first-order valence-electron chi connectivity index (χ1n) is 6.42. The lowest BCUT2D eigenvalue weighted by Gasteiger charge is -2.12. The van der Waals surface area contributed by atoms with E-state index >= 15 is 0 Å². The summed E-state index contributed by atoms with van der Waals surface area (Å²) in [7, 11) is 0. The van der Waals surface area contributed by atoms with Crippen LogP contribution in [0.5, 0.6) is 0 Å². The number of nitrogens with one attached hydrogen (secondary N) is 1. The molecule has 1 unspecified atom stereocenters. The van der Waals surface area contributed by atoms with Crippen molar-refractivity contribution >= 4 is 11.8 Å². The summed E-state index contributed by atoms with van der Waals surface area (Å²) < 4.78 is 5.43. The summed E-state index contributed by atoms with van der Waals surface area (Å²) in [6.45, 7) is 5.63. The Kier molecular flexibility index (Phi) is 4.02. The molecule has 0 saturated carbocycles. The number of oxazole rings is 1. The Hall–Kier alpha value is -2.37. The summed E-state index contributed by atoms with van der Waals surface area (Å²) in [6, 6.07) is 2.89. The van der Waals surface area contributed by atoms with Crippen LogP contribution >= 0.6 is 0 Å². The van der Waals surface area contributed by atoms with E-state index in [1.807, 2.05) is 20.8 Å². The molecule has 0 fully saturated rings. The molecular weight excluding hydrogens is 258 g/mol. The fraction of sp³-hybridized carbons (Fsp3) is 0.357. The Morgan fingerprint density at radius 1 is 1.50 bits per heavy atom. The molecule has 0 aromatic carbocycles. The number of rotatable bonds is 5. The van der Waals surface area contributed by atoms with E-state index in [0.29, 0.717) is 18.1 Å². The predicted molar refractivity (Wildman–Crippen MR) is 73.9 cm³/mol. The standard InChI is InChI=1S/C14H17N3O3/c1-4-11-5-10(14(18)19)6-12(17-11)16-9(3)13-15-7-8(2)20-13/h5-7,9H,4H2,1-3H3,(H,16,17)(H,18,19). The number of pyridine rings is 1. The van der Waals surface area contributed by atoms with Gasteiger partial charge in [-0.3, -0.25) is 0 Å². The van der Waals surface area contributed by atoms with Gasteiger partial charge in [0.1, 0.15) is 17.6 Å². The molecule has 6 nitrogen and oxygen atoms in total. The monoisotopic (exact) mass is 275 g/mol. The first-order valence-corrected chi connectivity index (χ1v) is 6.42. The SMILES string of the molecule is CCc1cc(C(=O)O)cc(NC(C)c2ncc(C)o2)n1. The lowest BCUT2D eigenvalue weighted by Crippen LogP contribution is -2.10. The van der Waals surface area contributed by atoms with E-state index in [1.165, 1.54) is 6.07 Å². The summed E-state index contributed by atoms with van der Waals surface area (Å²) in [4.78, 5) is 19.6. The number of nitrogens with zero attached hydrogens (tertiary/aromatic N) is 2. The van der Waals surface area contributed by atoms with Crippen LogP contribution in [0.4, 0.5) is 5.82 Å². The molecule has 1 atom stereocenters. The van der Waals surface area contributed by atoms with Crippen LogP contribution in [0.25, 0.3) is 0 Å². The molecule has 2 heterocycles. The zero-order valence-corrected chi connectivity index (χ0v) is 11.7. The number of aromatic nitrogens is 2. The molecule has 2 N–H and O–H groups in total. The van der Waals surface area contributed by atoms with E-state index in [0.717, 1.165) is 11.5 Å². The molecule has 0 aliphatic heterocycles. The maximum atomic E-state index is 11.1. The number of carboxylic acids is 1. The Labute approximate surface area is 116 Å². The summed E-state index contributed by atoms with van der Waals surface area (Å²) >= 11 is 0. The van der Waals surface area contributed by atoms with Gasteiger partial charge >= 0.3 is 5.97 Å². The Morgan fingerprint density at radius 3 is 2.80 bits per heavy atom. The molecule has 2 rings (SSSR count). The van der Waals surface area contributed by atoms with Gasteiger partial charge in [-0.1, -0.05) is 6.92 Å². The highest BCUT2D eigenvalue weighted by atomic mass is 16.4. The number of hydrogen-bond acceptors (Lipinski definition) is 5. The summed E-state index contributed by atoms with van der Waals surface area (Å²) in [5.41, 5.74) is 0.943. The first-order chi connectivity index (χ1) is 9.49. The molecule has 6 heteroatoms. The second-order valence-electron chi connectivity index (χ2n) is 4.57. The van der Waals surface area contributed by atoms with Crippen LogP contribution in [0.2, 0.25) is 0 Å². The van der Waals surface area contributed by atoms with E-state index in [4.69, 9.17) is 9.52 Å². The van der Waals surface area contributed by atoms with E-state index in [2.05, 4.69) is 15.3 Å². The summed E-state index contributed by atoms with van der Waals surface area (Å²) in [6.07, 6.45) is 2.31. The third-order valence-corrected chi connectivity index (χ3v) is 2.86. The number of carbonyl (C=O) groups is 1. The minimum absolute atomic E-state index is 0.190. The maximum Gasteiger partial charge on any atom is 0.335 e. The number of anilines is 1. The minimum atomic E-state index is -0.968. The smallest absolute Gasteiger partial charge is 0.335 e. The van der Waals surface area contributed by atoms with Crippen LogP contribution in [-0.2, 0) is 6.42 Å². The zero-order valence-electron chi connectivity index (χ0n) is 11.7. The van der Waals surface area contributed by atoms with Crippen molar-refractivity contribution in [2.45, 2.75) is 33.2 Å². The van der Waals surface area contributed by atoms with Gasteiger partial charge < -0.3 is 14.8 Å². The van der Waals surface area contributed by atoms with Gasteiger partial charge in [-0.15, -0.1) is 0 Å². The molecule has 0 bridgehead atoms. The first kappa shape index (κ1) is 14.0. The van der Waals surface area contributed by atoms with Gasteiger partial charge in [-0.2, -0.15) is 0 Å². The van der Waals surface area contributed by atoms with Crippen LogP contribution in [0.1, 0.15) is 47.6 Å². The average Bonchev–Trinajstić information content (AvgIpc) is 2.85. The molecular formula is C14H17N3O3. The molecule has 2 aromatic heterocycles.